The molecule has 9 heteroatoms. The van der Waals surface area contributed by atoms with Gasteiger partial charge in [-0.05, 0) is 38.1 Å². The van der Waals surface area contributed by atoms with E-state index in [1.807, 2.05) is 43.0 Å². The van der Waals surface area contributed by atoms with Crippen molar-refractivity contribution in [1.82, 2.24) is 24.6 Å². The van der Waals surface area contributed by atoms with Crippen LogP contribution in [0.15, 0.2) is 41.8 Å². The van der Waals surface area contributed by atoms with Crippen molar-refractivity contribution in [1.29, 1.82) is 0 Å². The molecule has 0 unspecified atom stereocenters. The van der Waals surface area contributed by atoms with E-state index in [9.17, 15) is 4.79 Å². The quantitative estimate of drug-likeness (QED) is 0.479. The van der Waals surface area contributed by atoms with E-state index < -0.39 is 0 Å². The second-order valence-electron chi connectivity index (χ2n) is 6.79. The van der Waals surface area contributed by atoms with Gasteiger partial charge in [0.2, 0.25) is 5.91 Å². The monoisotopic (exact) mass is 417 g/mol. The van der Waals surface area contributed by atoms with Crippen LogP contribution in [0.5, 0.6) is 0 Å². The SMILES string of the molecule is C[C@H]1CN(C(=O)CSc2ncnc3c2cnn3-c2ccc(Cl)cc2)C[C@H](C)O1. The van der Waals surface area contributed by atoms with Gasteiger partial charge >= 0.3 is 0 Å². The minimum Gasteiger partial charge on any atom is -0.372 e. The molecule has 0 bridgehead atoms. The Balaban J connectivity index is 1.52. The van der Waals surface area contributed by atoms with Gasteiger partial charge in [0.1, 0.15) is 11.4 Å². The first-order chi connectivity index (χ1) is 13.5. The summed E-state index contributed by atoms with van der Waals surface area (Å²) >= 11 is 7.37. The Labute approximate surface area is 172 Å². The molecule has 0 spiro atoms. The van der Waals surface area contributed by atoms with Gasteiger partial charge in [-0.2, -0.15) is 5.10 Å². The molecule has 2 aromatic heterocycles. The highest BCUT2D eigenvalue weighted by molar-refractivity contribution is 8.00. The highest BCUT2D eigenvalue weighted by Crippen LogP contribution is 2.26. The van der Waals surface area contributed by atoms with Gasteiger partial charge in [-0.1, -0.05) is 23.4 Å². The number of aromatic nitrogens is 4. The summed E-state index contributed by atoms with van der Waals surface area (Å²) in [5.74, 6) is 0.404. The Bertz CT molecular complexity index is 984. The lowest BCUT2D eigenvalue weighted by Crippen LogP contribution is -2.48. The summed E-state index contributed by atoms with van der Waals surface area (Å²) in [7, 11) is 0. The molecule has 0 aliphatic carbocycles. The number of fused-ring (bicyclic) bond motifs is 1. The number of thioether (sulfide) groups is 1. The van der Waals surface area contributed by atoms with E-state index in [0.29, 0.717) is 29.5 Å². The van der Waals surface area contributed by atoms with Gasteiger partial charge in [-0.15, -0.1) is 0 Å². The zero-order valence-electron chi connectivity index (χ0n) is 15.6. The first kappa shape index (κ1) is 19.2. The Kier molecular flexibility index (Phi) is 5.52. The van der Waals surface area contributed by atoms with Crippen molar-refractivity contribution in [3.05, 3.63) is 41.8 Å². The van der Waals surface area contributed by atoms with Crippen LogP contribution in [0, 0.1) is 0 Å². The third-order valence-electron chi connectivity index (χ3n) is 4.51. The first-order valence-corrected chi connectivity index (χ1v) is 10.4. The van der Waals surface area contributed by atoms with Crippen molar-refractivity contribution in [2.75, 3.05) is 18.8 Å². The molecule has 0 radical (unpaired) electrons. The predicted octanol–water partition coefficient (Wildman–Crippen LogP) is 3.20. The third-order valence-corrected chi connectivity index (χ3v) is 5.75. The van der Waals surface area contributed by atoms with Crippen LogP contribution in [0.1, 0.15) is 13.8 Å². The number of ether oxygens (including phenoxy) is 1. The summed E-state index contributed by atoms with van der Waals surface area (Å²) < 4.78 is 7.44. The second kappa shape index (κ2) is 8.06. The molecule has 1 aliphatic rings. The van der Waals surface area contributed by atoms with E-state index >= 15 is 0 Å². The van der Waals surface area contributed by atoms with Gasteiger partial charge in [0, 0.05) is 18.1 Å². The van der Waals surface area contributed by atoms with Crippen molar-refractivity contribution in [2.45, 2.75) is 31.1 Å². The fourth-order valence-electron chi connectivity index (χ4n) is 3.31. The molecule has 3 aromatic rings. The average molecular weight is 418 g/mol. The zero-order chi connectivity index (χ0) is 19.7. The maximum absolute atomic E-state index is 12.6. The van der Waals surface area contributed by atoms with Crippen LogP contribution in [-0.2, 0) is 9.53 Å². The van der Waals surface area contributed by atoms with E-state index in [-0.39, 0.29) is 18.1 Å². The van der Waals surface area contributed by atoms with Crippen LogP contribution >= 0.6 is 23.4 Å². The largest absolute Gasteiger partial charge is 0.372 e. The molecule has 0 saturated carbocycles. The number of morpholine rings is 1. The molecule has 1 amide bonds. The topological polar surface area (TPSA) is 73.1 Å². The van der Waals surface area contributed by atoms with Crippen LogP contribution in [0.25, 0.3) is 16.7 Å². The number of halogens is 1. The highest BCUT2D eigenvalue weighted by Gasteiger charge is 2.26. The van der Waals surface area contributed by atoms with Gasteiger partial charge in [0.05, 0.1) is 35.2 Å². The molecule has 28 heavy (non-hydrogen) atoms. The molecule has 4 rings (SSSR count). The van der Waals surface area contributed by atoms with E-state index in [1.165, 1.54) is 18.1 Å². The van der Waals surface area contributed by atoms with E-state index in [4.69, 9.17) is 16.3 Å². The number of nitrogens with zero attached hydrogens (tertiary/aromatic N) is 5. The lowest BCUT2D eigenvalue weighted by molar-refractivity contribution is -0.140. The number of hydrogen-bond acceptors (Lipinski definition) is 6. The van der Waals surface area contributed by atoms with Crippen molar-refractivity contribution in [3.63, 3.8) is 0 Å². The maximum atomic E-state index is 12.6. The van der Waals surface area contributed by atoms with Gasteiger partial charge in [0.25, 0.3) is 0 Å². The smallest absolute Gasteiger partial charge is 0.233 e. The minimum absolute atomic E-state index is 0.0565. The van der Waals surface area contributed by atoms with Gasteiger partial charge in [0.15, 0.2) is 5.65 Å². The molecule has 146 valence electrons. The lowest BCUT2D eigenvalue weighted by atomic mass is 10.2. The second-order valence-corrected chi connectivity index (χ2v) is 8.19. The standard InChI is InChI=1S/C19H20ClN5O2S/c1-12-8-24(9-13(2)27-12)17(26)10-28-19-16-7-23-25(18(16)21-11-22-19)15-5-3-14(20)4-6-15/h3-7,11-13H,8-10H2,1-2H3/t12-,13-/m0/s1. The molecule has 1 aliphatic heterocycles. The van der Waals surface area contributed by atoms with Crippen molar-refractivity contribution < 1.29 is 9.53 Å². The number of benzene rings is 1. The van der Waals surface area contributed by atoms with E-state index in [2.05, 4.69) is 15.1 Å². The van der Waals surface area contributed by atoms with E-state index in [0.717, 1.165) is 16.1 Å². The fourth-order valence-corrected chi connectivity index (χ4v) is 4.30. The van der Waals surface area contributed by atoms with Crippen molar-refractivity contribution >= 4 is 40.3 Å². The summed E-state index contributed by atoms with van der Waals surface area (Å²) in [4.78, 5) is 23.2. The van der Waals surface area contributed by atoms with Crippen LogP contribution in [0.2, 0.25) is 5.02 Å². The maximum Gasteiger partial charge on any atom is 0.233 e. The van der Waals surface area contributed by atoms with Gasteiger partial charge < -0.3 is 9.64 Å². The lowest BCUT2D eigenvalue weighted by Gasteiger charge is -2.35. The Morgan fingerprint density at radius 1 is 1.21 bits per heavy atom. The Morgan fingerprint density at radius 2 is 1.93 bits per heavy atom. The first-order valence-electron chi connectivity index (χ1n) is 9.02. The Hall–Kier alpha value is -2.16. The Morgan fingerprint density at radius 3 is 2.64 bits per heavy atom. The number of carbonyl (C=O) groups excluding carboxylic acids is 1. The summed E-state index contributed by atoms with van der Waals surface area (Å²) in [5, 5.41) is 6.66. The highest BCUT2D eigenvalue weighted by atomic mass is 35.5. The van der Waals surface area contributed by atoms with Crippen molar-refractivity contribution in [2.24, 2.45) is 0 Å². The zero-order valence-corrected chi connectivity index (χ0v) is 17.2. The molecule has 1 saturated heterocycles. The molecular formula is C19H20ClN5O2S. The summed E-state index contributed by atoms with van der Waals surface area (Å²) in [6, 6.07) is 7.39. The van der Waals surface area contributed by atoms with Crippen LogP contribution < -0.4 is 0 Å². The fraction of sp³-hybridized carbons (Fsp3) is 0.368. The summed E-state index contributed by atoms with van der Waals surface area (Å²) in [6.45, 7) is 5.22. The van der Waals surface area contributed by atoms with Gasteiger partial charge in [-0.25, -0.2) is 14.6 Å². The van der Waals surface area contributed by atoms with Crippen LogP contribution in [0.4, 0.5) is 0 Å². The molecular weight excluding hydrogens is 398 g/mol. The number of rotatable bonds is 4. The van der Waals surface area contributed by atoms with Crippen LogP contribution in [-0.4, -0.2) is 61.6 Å². The van der Waals surface area contributed by atoms with E-state index in [1.54, 1.807) is 10.9 Å². The van der Waals surface area contributed by atoms with Crippen molar-refractivity contribution in [3.8, 4) is 5.69 Å². The number of hydrogen-bond donors (Lipinski definition) is 0. The predicted molar refractivity (Wildman–Crippen MR) is 109 cm³/mol. The molecule has 1 aromatic carbocycles. The molecule has 1 fully saturated rings. The number of amides is 1. The minimum atomic E-state index is 0.0565. The van der Waals surface area contributed by atoms with Gasteiger partial charge in [-0.3, -0.25) is 4.79 Å². The number of carbonyl (C=O) groups is 1. The molecule has 2 atom stereocenters. The third kappa shape index (κ3) is 3.99. The molecule has 7 nitrogen and oxygen atoms in total. The summed E-state index contributed by atoms with van der Waals surface area (Å²) in [5.41, 5.74) is 1.56. The van der Waals surface area contributed by atoms with Crippen LogP contribution in [0.3, 0.4) is 0 Å². The normalized spacial score (nSPS) is 19.9. The molecule has 3 heterocycles. The molecule has 0 N–H and O–H groups in total. The average Bonchev–Trinajstić information content (AvgIpc) is 3.10. The summed E-state index contributed by atoms with van der Waals surface area (Å²) in [6.07, 6.45) is 3.35.